The van der Waals surface area contributed by atoms with Crippen LogP contribution in [0.15, 0.2) is 30.3 Å². The van der Waals surface area contributed by atoms with Gasteiger partial charge in [0.2, 0.25) is 17.7 Å². The normalized spacial score (nSPS) is 17.0. The average Bonchev–Trinajstić information content (AvgIpc) is 2.82. The molecule has 0 bridgehead atoms. The molecule has 1 fully saturated rings. The van der Waals surface area contributed by atoms with E-state index in [0.29, 0.717) is 38.9 Å². The van der Waals surface area contributed by atoms with Gasteiger partial charge in [0.05, 0.1) is 0 Å². The summed E-state index contributed by atoms with van der Waals surface area (Å²) in [6, 6.07) is 9.22. The van der Waals surface area contributed by atoms with Gasteiger partial charge < -0.3 is 15.1 Å². The van der Waals surface area contributed by atoms with Crippen LogP contribution in [-0.4, -0.2) is 59.2 Å². The number of hydrogen-bond acceptors (Lipinski definition) is 3. The van der Waals surface area contributed by atoms with Crippen LogP contribution in [0.5, 0.6) is 0 Å². The first-order chi connectivity index (χ1) is 16.0. The fourth-order valence-corrected chi connectivity index (χ4v) is 4.43. The molecular weight excluding hydrogens is 414 g/mol. The maximum Gasteiger partial charge on any atom is 0.245 e. The van der Waals surface area contributed by atoms with Crippen molar-refractivity contribution in [2.75, 3.05) is 19.6 Å². The van der Waals surface area contributed by atoms with E-state index in [-0.39, 0.29) is 23.8 Å². The topological polar surface area (TPSA) is 69.7 Å². The lowest BCUT2D eigenvalue weighted by Gasteiger charge is -2.41. The van der Waals surface area contributed by atoms with Crippen molar-refractivity contribution in [3.8, 4) is 0 Å². The highest BCUT2D eigenvalue weighted by Gasteiger charge is 2.33. The Morgan fingerprint density at radius 3 is 2.30 bits per heavy atom. The summed E-state index contributed by atoms with van der Waals surface area (Å²) in [5, 5.41) is 2.98. The lowest BCUT2D eigenvalue weighted by atomic mass is 10.0. The summed E-state index contributed by atoms with van der Waals surface area (Å²) in [5.74, 6) is 0.0677. The van der Waals surface area contributed by atoms with Gasteiger partial charge in [-0.05, 0) is 25.3 Å². The molecule has 1 aromatic rings. The predicted octanol–water partition coefficient (Wildman–Crippen LogP) is 4.32. The number of nitrogens with zero attached hydrogens (tertiary/aromatic N) is 2. The van der Waals surface area contributed by atoms with Gasteiger partial charge in [-0.3, -0.25) is 14.4 Å². The highest BCUT2D eigenvalue weighted by Crippen LogP contribution is 2.16. The van der Waals surface area contributed by atoms with E-state index >= 15 is 0 Å². The third-order valence-electron chi connectivity index (χ3n) is 6.43. The van der Waals surface area contributed by atoms with Crippen molar-refractivity contribution in [1.82, 2.24) is 15.1 Å². The molecule has 1 N–H and O–H groups in total. The van der Waals surface area contributed by atoms with Gasteiger partial charge in [0.25, 0.3) is 0 Å². The van der Waals surface area contributed by atoms with Crippen molar-refractivity contribution in [3.05, 3.63) is 35.9 Å². The van der Waals surface area contributed by atoms with E-state index in [2.05, 4.69) is 12.2 Å². The van der Waals surface area contributed by atoms with E-state index in [1.165, 1.54) is 19.3 Å². The Morgan fingerprint density at radius 1 is 0.939 bits per heavy atom. The number of rotatable bonds is 13. The second-order valence-electron chi connectivity index (χ2n) is 9.30. The molecule has 33 heavy (non-hydrogen) atoms. The zero-order chi connectivity index (χ0) is 24.1. The number of piperazine rings is 1. The molecule has 0 saturated carbocycles. The Bertz CT molecular complexity index is 737. The molecule has 1 aliphatic rings. The van der Waals surface area contributed by atoms with Crippen LogP contribution in [0.4, 0.5) is 0 Å². The van der Waals surface area contributed by atoms with Crippen LogP contribution in [0.3, 0.4) is 0 Å². The van der Waals surface area contributed by atoms with Crippen LogP contribution >= 0.6 is 0 Å². The maximum absolute atomic E-state index is 13.4. The van der Waals surface area contributed by atoms with Gasteiger partial charge in [0.1, 0.15) is 6.04 Å². The smallest absolute Gasteiger partial charge is 0.245 e. The van der Waals surface area contributed by atoms with E-state index in [0.717, 1.165) is 31.2 Å². The molecule has 0 radical (unpaired) electrons. The average molecular weight is 458 g/mol. The zero-order valence-electron chi connectivity index (χ0n) is 20.9. The molecule has 2 unspecified atom stereocenters. The second kappa shape index (κ2) is 14.7. The first kappa shape index (κ1) is 26.9. The minimum Gasteiger partial charge on any atom is -0.344 e. The summed E-state index contributed by atoms with van der Waals surface area (Å²) >= 11 is 0. The number of amides is 3. The summed E-state index contributed by atoms with van der Waals surface area (Å²) in [6.07, 6.45) is 8.91. The third-order valence-corrected chi connectivity index (χ3v) is 6.43. The molecule has 2 atom stereocenters. The van der Waals surface area contributed by atoms with Crippen molar-refractivity contribution < 1.29 is 14.4 Å². The Hall–Kier alpha value is -2.37. The number of unbranched alkanes of at least 4 members (excludes halogenated alkanes) is 5. The number of benzene rings is 1. The van der Waals surface area contributed by atoms with Crippen molar-refractivity contribution in [1.29, 1.82) is 0 Å². The molecule has 1 aromatic carbocycles. The summed E-state index contributed by atoms with van der Waals surface area (Å²) < 4.78 is 0. The molecule has 0 spiro atoms. The van der Waals surface area contributed by atoms with Crippen LogP contribution in [0.1, 0.15) is 84.1 Å². The van der Waals surface area contributed by atoms with Crippen molar-refractivity contribution >= 4 is 17.7 Å². The first-order valence-corrected chi connectivity index (χ1v) is 12.9. The molecule has 1 aliphatic heterocycles. The van der Waals surface area contributed by atoms with Crippen LogP contribution in [0.25, 0.3) is 0 Å². The molecular formula is C27H43N3O3. The van der Waals surface area contributed by atoms with Crippen molar-refractivity contribution in [2.45, 2.75) is 97.1 Å². The van der Waals surface area contributed by atoms with Gasteiger partial charge in [-0.1, -0.05) is 76.3 Å². The second-order valence-corrected chi connectivity index (χ2v) is 9.30. The summed E-state index contributed by atoms with van der Waals surface area (Å²) in [5.41, 5.74) is 1.02. The highest BCUT2D eigenvalue weighted by atomic mass is 16.2. The van der Waals surface area contributed by atoms with Crippen LogP contribution in [0, 0.1) is 0 Å². The van der Waals surface area contributed by atoms with Gasteiger partial charge in [0, 0.05) is 44.9 Å². The fraction of sp³-hybridized carbons (Fsp3) is 0.667. The number of nitrogens with one attached hydrogen (secondary N) is 1. The van der Waals surface area contributed by atoms with E-state index < -0.39 is 6.04 Å². The molecule has 2 rings (SSSR count). The Labute approximate surface area is 200 Å². The number of carbonyl (C=O) groups excluding carboxylic acids is 3. The quantitative estimate of drug-likeness (QED) is 0.449. The Kier molecular flexibility index (Phi) is 12.0. The van der Waals surface area contributed by atoms with Crippen molar-refractivity contribution in [3.63, 3.8) is 0 Å². The SMILES string of the molecule is CCCCCCCC(=O)N1CCN(C(=O)C(Cc2ccccc2)NC(=O)CCCC)CC1C. The van der Waals surface area contributed by atoms with Crippen molar-refractivity contribution in [2.24, 2.45) is 0 Å². The van der Waals surface area contributed by atoms with Gasteiger partial charge in [-0.25, -0.2) is 0 Å². The van der Waals surface area contributed by atoms with E-state index in [9.17, 15) is 14.4 Å². The van der Waals surface area contributed by atoms with Crippen LogP contribution in [0.2, 0.25) is 0 Å². The van der Waals surface area contributed by atoms with Crippen LogP contribution < -0.4 is 5.32 Å². The standard InChI is InChI=1S/C27H43N3O3/c1-4-6-8-9-13-17-26(32)30-19-18-29(21-22(30)3)27(33)24(28-25(31)16-7-5-2)20-23-14-11-10-12-15-23/h10-12,14-15,22,24H,4-9,13,16-21H2,1-3H3,(H,28,31). The maximum atomic E-state index is 13.4. The molecule has 6 heteroatoms. The number of hydrogen-bond donors (Lipinski definition) is 1. The van der Waals surface area contributed by atoms with E-state index in [1.807, 2.05) is 54.0 Å². The lowest BCUT2D eigenvalue weighted by Crippen LogP contribution is -2.59. The molecule has 3 amide bonds. The van der Waals surface area contributed by atoms with Gasteiger partial charge in [-0.2, -0.15) is 0 Å². The molecule has 1 heterocycles. The third kappa shape index (κ3) is 9.18. The monoisotopic (exact) mass is 457 g/mol. The Morgan fingerprint density at radius 2 is 1.64 bits per heavy atom. The van der Waals surface area contributed by atoms with Gasteiger partial charge in [0.15, 0.2) is 0 Å². The number of carbonyl (C=O) groups is 3. The molecule has 0 aliphatic carbocycles. The summed E-state index contributed by atoms with van der Waals surface area (Å²) in [4.78, 5) is 42.3. The molecule has 184 valence electrons. The molecule has 1 saturated heterocycles. The zero-order valence-corrected chi connectivity index (χ0v) is 20.9. The summed E-state index contributed by atoms with van der Waals surface area (Å²) in [6.45, 7) is 7.84. The summed E-state index contributed by atoms with van der Waals surface area (Å²) in [7, 11) is 0. The Balaban J connectivity index is 1.94. The molecule has 6 nitrogen and oxygen atoms in total. The minimum atomic E-state index is -0.579. The lowest BCUT2D eigenvalue weighted by molar-refractivity contribution is -0.144. The van der Waals surface area contributed by atoms with E-state index in [1.54, 1.807) is 0 Å². The largest absolute Gasteiger partial charge is 0.344 e. The van der Waals surface area contributed by atoms with Gasteiger partial charge in [-0.15, -0.1) is 0 Å². The highest BCUT2D eigenvalue weighted by molar-refractivity contribution is 5.88. The minimum absolute atomic E-state index is 0.0148. The molecule has 0 aromatic heterocycles. The fourth-order valence-electron chi connectivity index (χ4n) is 4.43. The predicted molar refractivity (Wildman–Crippen MR) is 133 cm³/mol. The van der Waals surface area contributed by atoms with Gasteiger partial charge >= 0.3 is 0 Å². The van der Waals surface area contributed by atoms with Crippen LogP contribution in [-0.2, 0) is 20.8 Å². The first-order valence-electron chi connectivity index (χ1n) is 12.9. The van der Waals surface area contributed by atoms with E-state index in [4.69, 9.17) is 0 Å².